The number of rotatable bonds is 11. The average molecular weight is 853 g/mol. The summed E-state index contributed by atoms with van der Waals surface area (Å²) >= 11 is 0. The minimum atomic E-state index is -0.247. The molecule has 63 heavy (non-hydrogen) atoms. The van der Waals surface area contributed by atoms with E-state index in [0.717, 1.165) is 135 Å². The van der Waals surface area contributed by atoms with Crippen LogP contribution >= 0.6 is 0 Å². The lowest BCUT2D eigenvalue weighted by atomic mass is 9.90. The van der Waals surface area contributed by atoms with E-state index in [0.29, 0.717) is 36.4 Å². The van der Waals surface area contributed by atoms with Crippen molar-refractivity contribution >= 4 is 45.1 Å². The fourth-order valence-electron chi connectivity index (χ4n) is 9.83. The molecule has 4 aromatic heterocycles. The Morgan fingerprint density at radius 3 is 2.10 bits per heavy atom. The first kappa shape index (κ1) is 41.0. The topological polar surface area (TPSA) is 185 Å². The van der Waals surface area contributed by atoms with Crippen LogP contribution in [0.2, 0.25) is 0 Å². The largest absolute Gasteiger partial charge is 0.488 e. The summed E-state index contributed by atoms with van der Waals surface area (Å²) in [5.41, 5.74) is 12.3. The number of morpholine rings is 1. The molecule has 6 aromatic rings. The third kappa shape index (κ3) is 9.23. The molecule has 1 atom stereocenters. The summed E-state index contributed by atoms with van der Waals surface area (Å²) in [5.74, 6) is 5.01. The Morgan fingerprint density at radius 1 is 0.698 bits per heavy atom. The van der Waals surface area contributed by atoms with Gasteiger partial charge in [-0.2, -0.15) is 0 Å². The molecule has 2 saturated carbocycles. The first-order valence-electron chi connectivity index (χ1n) is 22.6. The van der Waals surface area contributed by atoms with Crippen LogP contribution in [0.4, 0.5) is 23.0 Å². The van der Waals surface area contributed by atoms with Crippen molar-refractivity contribution in [2.75, 3.05) is 53.8 Å². The number of aromatic nitrogens is 8. The Hall–Kier alpha value is -6.00. The van der Waals surface area contributed by atoms with E-state index in [4.69, 9.17) is 44.6 Å². The lowest BCUT2D eigenvalue weighted by Crippen LogP contribution is -2.56. The fraction of sp³-hybridized carbons (Fsp3) is 0.489. The van der Waals surface area contributed by atoms with Crippen molar-refractivity contribution in [3.8, 4) is 11.5 Å². The SMILES string of the molecule is Cc1nccc(N(C2CCC(Oc3cc(C4CCOCC4)cc4nccnc34)CC2)C2CN(c3cc(OC4CCC(Nc5nc(C)ncc5N)CC4)c4nccnc4c3)CCO2)n1. The second-order valence-electron chi connectivity index (χ2n) is 17.3. The molecule has 2 saturated heterocycles. The van der Waals surface area contributed by atoms with Crippen molar-refractivity contribution in [1.29, 1.82) is 0 Å². The van der Waals surface area contributed by atoms with Crippen LogP contribution in [0.5, 0.6) is 11.5 Å². The van der Waals surface area contributed by atoms with Crippen LogP contribution in [0.15, 0.2) is 67.5 Å². The van der Waals surface area contributed by atoms with Gasteiger partial charge in [0.25, 0.3) is 0 Å². The quantitative estimate of drug-likeness (QED) is 0.134. The number of nitrogen functional groups attached to an aromatic ring is 1. The number of aryl methyl sites for hydroxylation is 2. The first-order chi connectivity index (χ1) is 30.9. The predicted molar refractivity (Wildman–Crippen MR) is 241 cm³/mol. The van der Waals surface area contributed by atoms with E-state index in [2.05, 4.69) is 59.3 Å². The Balaban J connectivity index is 0.842. The maximum atomic E-state index is 6.86. The standard InChI is InChI=1S/C47H56N12O4/c1-29-49-14-11-43(55-29)59(34-5-9-37(10-6-34)62-41-24-32(31-12-20-60-21-13-31)23-39-45(41)52-17-15-50-39)44-28-58(19-22-61-44)35-25-40-46(53-18-16-51-40)42(26-35)63-36-7-3-33(4-8-36)57-47-38(48)27-54-30(2)56-47/h11,14-18,23-27,31,33-34,36-37,44H,3-10,12-13,19-22,28,48H2,1-2H3,(H,54,56,57). The third-order valence-electron chi connectivity index (χ3n) is 13.1. The van der Waals surface area contributed by atoms with Crippen molar-refractivity contribution in [1.82, 2.24) is 39.9 Å². The Bertz CT molecular complexity index is 2530. The van der Waals surface area contributed by atoms with Gasteiger partial charge in [0, 0.05) is 74.6 Å². The van der Waals surface area contributed by atoms with Gasteiger partial charge in [-0.25, -0.2) is 29.9 Å². The van der Waals surface area contributed by atoms with Crippen LogP contribution in [0.25, 0.3) is 22.1 Å². The number of hydrogen-bond donors (Lipinski definition) is 2. The summed E-state index contributed by atoms with van der Waals surface area (Å²) in [5, 5.41) is 3.54. The molecule has 0 amide bonds. The monoisotopic (exact) mass is 852 g/mol. The molecule has 16 heteroatoms. The number of nitrogens with one attached hydrogen (secondary N) is 1. The van der Waals surface area contributed by atoms with Gasteiger partial charge in [0.1, 0.15) is 46.2 Å². The van der Waals surface area contributed by atoms with Crippen molar-refractivity contribution in [3.63, 3.8) is 0 Å². The van der Waals surface area contributed by atoms with Crippen LogP contribution in [-0.4, -0.2) is 103 Å². The van der Waals surface area contributed by atoms with E-state index >= 15 is 0 Å². The number of fused-ring (bicyclic) bond motifs is 2. The van der Waals surface area contributed by atoms with Crippen LogP contribution < -0.4 is 30.3 Å². The van der Waals surface area contributed by atoms with Gasteiger partial charge in [-0.1, -0.05) is 0 Å². The Kier molecular flexibility index (Phi) is 12.0. The Morgan fingerprint density at radius 2 is 1.37 bits per heavy atom. The summed E-state index contributed by atoms with van der Waals surface area (Å²) < 4.78 is 26.0. The molecule has 16 nitrogen and oxygen atoms in total. The van der Waals surface area contributed by atoms with Gasteiger partial charge in [0.05, 0.1) is 48.3 Å². The van der Waals surface area contributed by atoms with Gasteiger partial charge in [-0.15, -0.1) is 0 Å². The van der Waals surface area contributed by atoms with Crippen molar-refractivity contribution in [3.05, 3.63) is 84.7 Å². The lowest BCUT2D eigenvalue weighted by molar-refractivity contribution is 0.0263. The molecule has 6 heterocycles. The van der Waals surface area contributed by atoms with Gasteiger partial charge in [-0.05, 0) is 114 Å². The summed E-state index contributed by atoms with van der Waals surface area (Å²) in [4.78, 5) is 41.8. The normalized spacial score (nSPS) is 23.4. The summed E-state index contributed by atoms with van der Waals surface area (Å²) in [6.45, 7) is 7.30. The van der Waals surface area contributed by atoms with Gasteiger partial charge >= 0.3 is 0 Å². The van der Waals surface area contributed by atoms with E-state index in [-0.39, 0.29) is 30.5 Å². The van der Waals surface area contributed by atoms with Gasteiger partial charge in [0.15, 0.2) is 5.82 Å². The molecule has 4 aliphatic rings. The van der Waals surface area contributed by atoms with Gasteiger partial charge in [-0.3, -0.25) is 9.97 Å². The second-order valence-corrected chi connectivity index (χ2v) is 17.3. The maximum Gasteiger partial charge on any atom is 0.153 e. The highest BCUT2D eigenvalue weighted by atomic mass is 16.5. The minimum absolute atomic E-state index is 0.0450. The summed E-state index contributed by atoms with van der Waals surface area (Å²) in [6, 6.07) is 11.1. The van der Waals surface area contributed by atoms with E-state index in [1.165, 1.54) is 5.56 Å². The smallest absolute Gasteiger partial charge is 0.153 e. The van der Waals surface area contributed by atoms with Crippen molar-refractivity contribution < 1.29 is 18.9 Å². The third-order valence-corrected chi connectivity index (χ3v) is 13.1. The van der Waals surface area contributed by atoms with E-state index in [1.807, 2.05) is 26.1 Å². The second kappa shape index (κ2) is 18.4. The highest BCUT2D eigenvalue weighted by Crippen LogP contribution is 2.38. The lowest BCUT2D eigenvalue weighted by Gasteiger charge is -2.45. The molecular weight excluding hydrogens is 797 g/mol. The average Bonchev–Trinajstić information content (AvgIpc) is 3.32. The van der Waals surface area contributed by atoms with E-state index < -0.39 is 0 Å². The molecule has 2 aromatic carbocycles. The van der Waals surface area contributed by atoms with Gasteiger partial charge < -0.3 is 39.8 Å². The molecule has 3 N–H and O–H groups in total. The zero-order chi connectivity index (χ0) is 42.7. The number of hydrogen-bond acceptors (Lipinski definition) is 16. The number of anilines is 4. The zero-order valence-corrected chi connectivity index (χ0v) is 36.1. The van der Waals surface area contributed by atoms with Crippen molar-refractivity contribution in [2.45, 2.75) is 114 Å². The molecule has 2 aliphatic carbocycles. The highest BCUT2D eigenvalue weighted by molar-refractivity contribution is 5.85. The van der Waals surface area contributed by atoms with E-state index in [1.54, 1.807) is 31.0 Å². The van der Waals surface area contributed by atoms with Crippen molar-refractivity contribution in [2.24, 2.45) is 0 Å². The van der Waals surface area contributed by atoms with E-state index in [9.17, 15) is 0 Å². The molecule has 328 valence electrons. The minimum Gasteiger partial charge on any atom is -0.488 e. The van der Waals surface area contributed by atoms with Crippen LogP contribution in [0, 0.1) is 13.8 Å². The molecule has 0 bridgehead atoms. The molecule has 1 unspecified atom stereocenters. The molecule has 4 fully saturated rings. The van der Waals surface area contributed by atoms with Crippen LogP contribution in [0.1, 0.15) is 87.3 Å². The fourth-order valence-corrected chi connectivity index (χ4v) is 9.83. The summed E-state index contributed by atoms with van der Waals surface area (Å²) in [7, 11) is 0. The molecular formula is C47H56N12O4. The number of ether oxygens (including phenoxy) is 4. The molecule has 0 spiro atoms. The zero-order valence-electron chi connectivity index (χ0n) is 36.1. The van der Waals surface area contributed by atoms with Crippen LogP contribution in [0.3, 0.4) is 0 Å². The number of benzene rings is 2. The summed E-state index contributed by atoms with van der Waals surface area (Å²) in [6.07, 6.45) is 19.6. The maximum absolute atomic E-state index is 6.86. The number of nitrogens with zero attached hydrogens (tertiary/aromatic N) is 10. The first-order valence-corrected chi connectivity index (χ1v) is 22.6. The number of nitrogens with two attached hydrogens (primary N) is 1. The van der Waals surface area contributed by atoms with Gasteiger partial charge in [0.2, 0.25) is 0 Å². The van der Waals surface area contributed by atoms with Crippen LogP contribution in [-0.2, 0) is 9.47 Å². The Labute approximate surface area is 367 Å². The molecule has 0 radical (unpaired) electrons. The predicted octanol–water partition coefficient (Wildman–Crippen LogP) is 7.11. The highest BCUT2D eigenvalue weighted by Gasteiger charge is 2.36. The molecule has 2 aliphatic heterocycles. The molecule has 10 rings (SSSR count).